The van der Waals surface area contributed by atoms with Crippen LogP contribution in [0.15, 0.2) is 29.2 Å². The van der Waals surface area contributed by atoms with E-state index >= 15 is 0 Å². The Labute approximate surface area is 131 Å². The number of hydrogen-bond donors (Lipinski definition) is 3. The SMILES string of the molecule is CC(C)(C)c1ccc(S(=O)(=O)NCC(CO)CC(=O)O)cc1. The topological polar surface area (TPSA) is 104 Å². The Hall–Kier alpha value is -1.44. The normalized spacial score (nSPS) is 13.8. The average Bonchev–Trinajstić information content (AvgIpc) is 2.42. The molecule has 1 rings (SSSR count). The molecule has 0 fully saturated rings. The van der Waals surface area contributed by atoms with Gasteiger partial charge in [0.2, 0.25) is 10.0 Å². The molecule has 0 saturated heterocycles. The minimum absolute atomic E-state index is 0.0702. The minimum Gasteiger partial charge on any atom is -0.481 e. The second kappa shape index (κ2) is 7.21. The van der Waals surface area contributed by atoms with Crippen molar-refractivity contribution in [2.45, 2.75) is 37.5 Å². The van der Waals surface area contributed by atoms with Gasteiger partial charge in [-0.25, -0.2) is 13.1 Å². The summed E-state index contributed by atoms with van der Waals surface area (Å²) in [6, 6.07) is 6.56. The smallest absolute Gasteiger partial charge is 0.303 e. The summed E-state index contributed by atoms with van der Waals surface area (Å²) in [6.45, 7) is 5.59. The summed E-state index contributed by atoms with van der Waals surface area (Å²) in [5.74, 6) is -1.73. The molecule has 0 amide bonds. The molecule has 124 valence electrons. The fraction of sp³-hybridized carbons (Fsp3) is 0.533. The average molecular weight is 329 g/mol. The zero-order valence-electron chi connectivity index (χ0n) is 13.0. The lowest BCUT2D eigenvalue weighted by molar-refractivity contribution is -0.138. The van der Waals surface area contributed by atoms with Gasteiger partial charge >= 0.3 is 5.97 Å². The molecule has 0 saturated carbocycles. The van der Waals surface area contributed by atoms with Crippen molar-refractivity contribution < 1.29 is 23.4 Å². The van der Waals surface area contributed by atoms with Gasteiger partial charge in [-0.3, -0.25) is 4.79 Å². The first kappa shape index (κ1) is 18.6. The van der Waals surface area contributed by atoms with E-state index in [-0.39, 0.29) is 23.3 Å². The van der Waals surface area contributed by atoms with Gasteiger partial charge in [-0.2, -0.15) is 0 Å². The highest BCUT2D eigenvalue weighted by Crippen LogP contribution is 2.23. The van der Waals surface area contributed by atoms with Gasteiger partial charge in [-0.05, 0) is 23.1 Å². The summed E-state index contributed by atoms with van der Waals surface area (Å²) >= 11 is 0. The number of carbonyl (C=O) groups is 1. The van der Waals surface area contributed by atoms with E-state index in [0.29, 0.717) is 0 Å². The van der Waals surface area contributed by atoms with Gasteiger partial charge in [0.1, 0.15) is 0 Å². The van der Waals surface area contributed by atoms with Crippen LogP contribution in [0.1, 0.15) is 32.8 Å². The van der Waals surface area contributed by atoms with Crippen LogP contribution in [0.5, 0.6) is 0 Å². The summed E-state index contributed by atoms with van der Waals surface area (Å²) in [7, 11) is -3.72. The lowest BCUT2D eigenvalue weighted by Crippen LogP contribution is -2.32. The number of carboxylic acids is 1. The number of rotatable bonds is 7. The Morgan fingerprint density at radius 2 is 1.77 bits per heavy atom. The van der Waals surface area contributed by atoms with Crippen LogP contribution in [0.25, 0.3) is 0 Å². The monoisotopic (exact) mass is 329 g/mol. The van der Waals surface area contributed by atoms with Gasteiger partial charge < -0.3 is 10.2 Å². The molecule has 0 heterocycles. The number of sulfonamides is 1. The molecule has 0 spiro atoms. The highest BCUT2D eigenvalue weighted by molar-refractivity contribution is 7.89. The predicted octanol–water partition coefficient (Wildman–Crippen LogP) is 1.35. The van der Waals surface area contributed by atoms with E-state index in [2.05, 4.69) is 4.72 Å². The summed E-state index contributed by atoms with van der Waals surface area (Å²) in [4.78, 5) is 10.7. The zero-order chi connectivity index (χ0) is 17.0. The standard InChI is InChI=1S/C15H23NO5S/c1-15(2,3)12-4-6-13(7-5-12)22(20,21)16-9-11(10-17)8-14(18)19/h4-7,11,16-17H,8-10H2,1-3H3,(H,18,19). The lowest BCUT2D eigenvalue weighted by Gasteiger charge is -2.19. The molecule has 0 aromatic heterocycles. The van der Waals surface area contributed by atoms with Crippen LogP contribution in [0.3, 0.4) is 0 Å². The van der Waals surface area contributed by atoms with Crippen LogP contribution >= 0.6 is 0 Å². The number of aliphatic carboxylic acids is 1. The molecule has 0 bridgehead atoms. The molecule has 0 aliphatic rings. The van der Waals surface area contributed by atoms with Gasteiger partial charge in [-0.15, -0.1) is 0 Å². The van der Waals surface area contributed by atoms with Gasteiger partial charge in [0.15, 0.2) is 0 Å². The van der Waals surface area contributed by atoms with E-state index in [9.17, 15) is 13.2 Å². The highest BCUT2D eigenvalue weighted by Gasteiger charge is 2.20. The van der Waals surface area contributed by atoms with Crippen molar-refractivity contribution in [2.24, 2.45) is 5.92 Å². The van der Waals surface area contributed by atoms with E-state index in [0.717, 1.165) is 5.56 Å². The summed E-state index contributed by atoms with van der Waals surface area (Å²) < 4.78 is 26.7. The van der Waals surface area contributed by atoms with Crippen molar-refractivity contribution >= 4 is 16.0 Å². The highest BCUT2D eigenvalue weighted by atomic mass is 32.2. The molecule has 6 nitrogen and oxygen atoms in total. The Kier molecular flexibility index (Phi) is 6.10. The largest absolute Gasteiger partial charge is 0.481 e. The Morgan fingerprint density at radius 3 is 2.18 bits per heavy atom. The lowest BCUT2D eigenvalue weighted by atomic mass is 9.87. The first-order valence-corrected chi connectivity index (χ1v) is 8.47. The van der Waals surface area contributed by atoms with E-state index in [1.807, 2.05) is 20.8 Å². The molecular weight excluding hydrogens is 306 g/mol. The Bertz CT molecular complexity index is 602. The third-order valence-electron chi connectivity index (χ3n) is 3.31. The van der Waals surface area contributed by atoms with Crippen molar-refractivity contribution in [3.8, 4) is 0 Å². The third-order valence-corrected chi connectivity index (χ3v) is 4.75. The maximum absolute atomic E-state index is 12.2. The Morgan fingerprint density at radius 1 is 1.23 bits per heavy atom. The van der Waals surface area contributed by atoms with E-state index < -0.39 is 28.5 Å². The number of nitrogens with one attached hydrogen (secondary N) is 1. The van der Waals surface area contributed by atoms with E-state index in [1.54, 1.807) is 12.1 Å². The van der Waals surface area contributed by atoms with Crippen LogP contribution in [-0.2, 0) is 20.2 Å². The van der Waals surface area contributed by atoms with Gasteiger partial charge in [0, 0.05) is 19.1 Å². The zero-order valence-corrected chi connectivity index (χ0v) is 13.9. The van der Waals surface area contributed by atoms with E-state index in [1.165, 1.54) is 12.1 Å². The van der Waals surface area contributed by atoms with Crippen LogP contribution in [-0.4, -0.2) is 37.8 Å². The summed E-state index contributed by atoms with van der Waals surface area (Å²) in [6.07, 6.45) is -0.290. The molecule has 0 aliphatic carbocycles. The Balaban J connectivity index is 2.80. The number of aliphatic hydroxyl groups excluding tert-OH is 1. The number of carboxylic acid groups (broad SMARTS) is 1. The molecule has 1 atom stereocenters. The molecule has 1 aromatic rings. The fourth-order valence-electron chi connectivity index (χ4n) is 1.89. The molecule has 1 aromatic carbocycles. The number of hydrogen-bond acceptors (Lipinski definition) is 4. The molecule has 22 heavy (non-hydrogen) atoms. The molecule has 0 radical (unpaired) electrons. The summed E-state index contributed by atoms with van der Waals surface area (Å²) in [5.41, 5.74) is 0.949. The van der Waals surface area contributed by atoms with Crippen molar-refractivity contribution in [3.05, 3.63) is 29.8 Å². The quantitative estimate of drug-likeness (QED) is 0.700. The van der Waals surface area contributed by atoms with Crippen molar-refractivity contribution in [1.82, 2.24) is 4.72 Å². The first-order chi connectivity index (χ1) is 10.1. The van der Waals surface area contributed by atoms with Crippen molar-refractivity contribution in [1.29, 1.82) is 0 Å². The number of aliphatic hydroxyl groups is 1. The fourth-order valence-corrected chi connectivity index (χ4v) is 3.01. The minimum atomic E-state index is -3.72. The maximum Gasteiger partial charge on any atom is 0.303 e. The third kappa shape index (κ3) is 5.40. The summed E-state index contributed by atoms with van der Waals surface area (Å²) in [5, 5.41) is 17.7. The predicted molar refractivity (Wildman–Crippen MR) is 83.2 cm³/mol. The van der Waals surface area contributed by atoms with Crippen LogP contribution < -0.4 is 4.72 Å². The van der Waals surface area contributed by atoms with Crippen LogP contribution in [0.2, 0.25) is 0 Å². The van der Waals surface area contributed by atoms with E-state index in [4.69, 9.17) is 10.2 Å². The maximum atomic E-state index is 12.2. The first-order valence-electron chi connectivity index (χ1n) is 6.99. The molecule has 0 aliphatic heterocycles. The molecule has 1 unspecified atom stereocenters. The van der Waals surface area contributed by atoms with Crippen molar-refractivity contribution in [3.63, 3.8) is 0 Å². The van der Waals surface area contributed by atoms with Crippen LogP contribution in [0, 0.1) is 5.92 Å². The molecule has 7 heteroatoms. The van der Waals surface area contributed by atoms with Gasteiger partial charge in [0.25, 0.3) is 0 Å². The second-order valence-corrected chi connectivity index (χ2v) is 8.04. The van der Waals surface area contributed by atoms with Crippen molar-refractivity contribution in [2.75, 3.05) is 13.2 Å². The molecule has 3 N–H and O–H groups in total. The van der Waals surface area contributed by atoms with Gasteiger partial charge in [0.05, 0.1) is 11.3 Å². The van der Waals surface area contributed by atoms with Gasteiger partial charge in [-0.1, -0.05) is 32.9 Å². The van der Waals surface area contributed by atoms with Crippen LogP contribution in [0.4, 0.5) is 0 Å². The molecular formula is C15H23NO5S. The second-order valence-electron chi connectivity index (χ2n) is 6.27. The number of benzene rings is 1.